The predicted molar refractivity (Wildman–Crippen MR) is 86.4 cm³/mol. The second kappa shape index (κ2) is 8.41. The predicted octanol–water partition coefficient (Wildman–Crippen LogP) is 1.77. The zero-order chi connectivity index (χ0) is 16.7. The lowest BCUT2D eigenvalue weighted by atomic mass is 9.95. The standard InChI is InChI=1S/C17H24N2O4/c1-22-14-9-8-12(10-15(14)23-2)11-18-16(20)17(21)19-13-6-4-3-5-7-13/h8-10,13H,3-7,11H2,1-2H3,(H,18,20)(H,19,21). The highest BCUT2D eigenvalue weighted by molar-refractivity contribution is 6.35. The van der Waals surface area contributed by atoms with Gasteiger partial charge in [0.05, 0.1) is 14.2 Å². The van der Waals surface area contributed by atoms with Crippen molar-refractivity contribution < 1.29 is 19.1 Å². The van der Waals surface area contributed by atoms with Gasteiger partial charge in [-0.25, -0.2) is 0 Å². The molecular weight excluding hydrogens is 296 g/mol. The number of benzene rings is 1. The fraction of sp³-hybridized carbons (Fsp3) is 0.529. The Morgan fingerprint density at radius 3 is 2.39 bits per heavy atom. The van der Waals surface area contributed by atoms with Crippen LogP contribution >= 0.6 is 0 Å². The zero-order valence-corrected chi connectivity index (χ0v) is 13.7. The second-order valence-electron chi connectivity index (χ2n) is 5.68. The van der Waals surface area contributed by atoms with Crippen LogP contribution < -0.4 is 20.1 Å². The number of carbonyl (C=O) groups is 2. The molecule has 23 heavy (non-hydrogen) atoms. The largest absolute Gasteiger partial charge is 0.493 e. The Balaban J connectivity index is 1.84. The summed E-state index contributed by atoms with van der Waals surface area (Å²) in [6.07, 6.45) is 5.33. The Bertz CT molecular complexity index is 554. The third kappa shape index (κ3) is 4.87. The molecule has 0 atom stereocenters. The lowest BCUT2D eigenvalue weighted by Gasteiger charge is -2.22. The first-order chi connectivity index (χ1) is 11.1. The van der Waals surface area contributed by atoms with Gasteiger partial charge < -0.3 is 20.1 Å². The minimum Gasteiger partial charge on any atom is -0.493 e. The molecule has 1 saturated carbocycles. The third-order valence-corrected chi connectivity index (χ3v) is 4.05. The molecular formula is C17H24N2O4. The van der Waals surface area contributed by atoms with Crippen LogP contribution in [0.5, 0.6) is 11.5 Å². The summed E-state index contributed by atoms with van der Waals surface area (Å²) in [5, 5.41) is 5.43. The van der Waals surface area contributed by atoms with E-state index in [1.54, 1.807) is 26.4 Å². The molecule has 0 radical (unpaired) electrons. The summed E-state index contributed by atoms with van der Waals surface area (Å²) in [5.74, 6) is 0.0475. The van der Waals surface area contributed by atoms with Crippen molar-refractivity contribution in [3.05, 3.63) is 23.8 Å². The number of methoxy groups -OCH3 is 2. The van der Waals surface area contributed by atoms with E-state index in [2.05, 4.69) is 10.6 Å². The summed E-state index contributed by atoms with van der Waals surface area (Å²) in [4.78, 5) is 23.8. The molecule has 1 aliphatic carbocycles. The first-order valence-electron chi connectivity index (χ1n) is 7.93. The van der Waals surface area contributed by atoms with E-state index >= 15 is 0 Å². The maximum absolute atomic E-state index is 11.9. The van der Waals surface area contributed by atoms with E-state index in [1.807, 2.05) is 6.07 Å². The van der Waals surface area contributed by atoms with Gasteiger partial charge in [0.25, 0.3) is 0 Å². The van der Waals surface area contributed by atoms with E-state index < -0.39 is 11.8 Å². The van der Waals surface area contributed by atoms with Crippen molar-refractivity contribution in [1.29, 1.82) is 0 Å². The molecule has 0 aromatic heterocycles. The molecule has 6 nitrogen and oxygen atoms in total. The van der Waals surface area contributed by atoms with Crippen molar-refractivity contribution in [2.24, 2.45) is 0 Å². The summed E-state index contributed by atoms with van der Waals surface area (Å²) in [6, 6.07) is 5.49. The molecule has 0 unspecified atom stereocenters. The minimum atomic E-state index is -0.606. The van der Waals surface area contributed by atoms with Gasteiger partial charge in [-0.05, 0) is 30.5 Å². The zero-order valence-electron chi connectivity index (χ0n) is 13.7. The van der Waals surface area contributed by atoms with E-state index in [9.17, 15) is 9.59 Å². The van der Waals surface area contributed by atoms with Gasteiger partial charge >= 0.3 is 11.8 Å². The number of hydrogen-bond acceptors (Lipinski definition) is 4. The lowest BCUT2D eigenvalue weighted by Crippen LogP contribution is -2.45. The molecule has 6 heteroatoms. The molecule has 0 spiro atoms. The smallest absolute Gasteiger partial charge is 0.309 e. The number of rotatable bonds is 5. The molecule has 1 fully saturated rings. The Hall–Kier alpha value is -2.24. The molecule has 0 saturated heterocycles. The van der Waals surface area contributed by atoms with Crippen LogP contribution in [0.1, 0.15) is 37.7 Å². The molecule has 1 aromatic carbocycles. The van der Waals surface area contributed by atoms with E-state index in [4.69, 9.17) is 9.47 Å². The number of amides is 2. The van der Waals surface area contributed by atoms with E-state index in [0.29, 0.717) is 11.5 Å². The van der Waals surface area contributed by atoms with Crippen LogP contribution in [0, 0.1) is 0 Å². The van der Waals surface area contributed by atoms with Gasteiger partial charge in [0.1, 0.15) is 0 Å². The molecule has 2 N–H and O–H groups in total. The van der Waals surface area contributed by atoms with Crippen LogP contribution in [0.25, 0.3) is 0 Å². The van der Waals surface area contributed by atoms with Crippen molar-refractivity contribution >= 4 is 11.8 Å². The summed E-state index contributed by atoms with van der Waals surface area (Å²) in [7, 11) is 3.12. The fourth-order valence-corrected chi connectivity index (χ4v) is 2.75. The van der Waals surface area contributed by atoms with E-state index in [0.717, 1.165) is 31.2 Å². The maximum atomic E-state index is 11.9. The third-order valence-electron chi connectivity index (χ3n) is 4.05. The number of ether oxygens (including phenoxy) is 2. The Morgan fingerprint density at radius 1 is 1.04 bits per heavy atom. The fourth-order valence-electron chi connectivity index (χ4n) is 2.75. The molecule has 0 heterocycles. The first kappa shape index (κ1) is 17.1. The van der Waals surface area contributed by atoms with Crippen molar-refractivity contribution in [2.75, 3.05) is 14.2 Å². The SMILES string of the molecule is COc1ccc(CNC(=O)C(=O)NC2CCCCC2)cc1OC. The molecule has 1 aliphatic rings. The quantitative estimate of drug-likeness (QED) is 0.811. The second-order valence-corrected chi connectivity index (χ2v) is 5.68. The Morgan fingerprint density at radius 2 is 1.74 bits per heavy atom. The van der Waals surface area contributed by atoms with Crippen LogP contribution in [-0.2, 0) is 16.1 Å². The Labute approximate surface area is 136 Å². The topological polar surface area (TPSA) is 76.7 Å². The first-order valence-corrected chi connectivity index (χ1v) is 7.93. The van der Waals surface area contributed by atoms with Gasteiger partial charge in [-0.1, -0.05) is 25.3 Å². The molecule has 2 amide bonds. The van der Waals surface area contributed by atoms with Crippen molar-refractivity contribution in [2.45, 2.75) is 44.7 Å². The summed E-state index contributed by atoms with van der Waals surface area (Å²) >= 11 is 0. The monoisotopic (exact) mass is 320 g/mol. The van der Waals surface area contributed by atoms with E-state index in [-0.39, 0.29) is 12.6 Å². The highest BCUT2D eigenvalue weighted by Crippen LogP contribution is 2.27. The van der Waals surface area contributed by atoms with Gasteiger partial charge in [-0.15, -0.1) is 0 Å². The number of hydrogen-bond donors (Lipinski definition) is 2. The molecule has 2 rings (SSSR count). The van der Waals surface area contributed by atoms with Crippen LogP contribution in [-0.4, -0.2) is 32.1 Å². The molecule has 0 aliphatic heterocycles. The molecule has 1 aromatic rings. The highest BCUT2D eigenvalue weighted by atomic mass is 16.5. The molecule has 126 valence electrons. The van der Waals surface area contributed by atoms with Crippen molar-refractivity contribution in [1.82, 2.24) is 10.6 Å². The van der Waals surface area contributed by atoms with Gasteiger partial charge in [0.2, 0.25) is 0 Å². The van der Waals surface area contributed by atoms with Crippen LogP contribution in [0.3, 0.4) is 0 Å². The number of carbonyl (C=O) groups excluding carboxylic acids is 2. The van der Waals surface area contributed by atoms with Crippen LogP contribution in [0.4, 0.5) is 0 Å². The highest BCUT2D eigenvalue weighted by Gasteiger charge is 2.20. The van der Waals surface area contributed by atoms with Crippen LogP contribution in [0.2, 0.25) is 0 Å². The number of nitrogens with one attached hydrogen (secondary N) is 2. The van der Waals surface area contributed by atoms with E-state index in [1.165, 1.54) is 6.42 Å². The van der Waals surface area contributed by atoms with Crippen molar-refractivity contribution in [3.63, 3.8) is 0 Å². The lowest BCUT2D eigenvalue weighted by molar-refractivity contribution is -0.139. The summed E-state index contributed by atoms with van der Waals surface area (Å²) in [5.41, 5.74) is 0.835. The van der Waals surface area contributed by atoms with Gasteiger partial charge in [-0.2, -0.15) is 0 Å². The van der Waals surface area contributed by atoms with Gasteiger partial charge in [0, 0.05) is 12.6 Å². The van der Waals surface area contributed by atoms with Crippen molar-refractivity contribution in [3.8, 4) is 11.5 Å². The summed E-state index contributed by atoms with van der Waals surface area (Å²) in [6.45, 7) is 0.261. The molecule has 0 bridgehead atoms. The minimum absolute atomic E-state index is 0.128. The Kier molecular flexibility index (Phi) is 6.26. The van der Waals surface area contributed by atoms with Crippen LogP contribution in [0.15, 0.2) is 18.2 Å². The average Bonchev–Trinajstić information content (AvgIpc) is 2.60. The summed E-state index contributed by atoms with van der Waals surface area (Å²) < 4.78 is 10.4. The van der Waals surface area contributed by atoms with Gasteiger partial charge in [-0.3, -0.25) is 9.59 Å². The normalized spacial score (nSPS) is 14.9. The van der Waals surface area contributed by atoms with Gasteiger partial charge in [0.15, 0.2) is 11.5 Å². The maximum Gasteiger partial charge on any atom is 0.309 e. The average molecular weight is 320 g/mol.